The van der Waals surface area contributed by atoms with Gasteiger partial charge in [0.25, 0.3) is 0 Å². The van der Waals surface area contributed by atoms with Crippen molar-refractivity contribution in [3.05, 3.63) is 0 Å². The van der Waals surface area contributed by atoms with Gasteiger partial charge in [-0.25, -0.2) is 4.57 Å². The van der Waals surface area contributed by atoms with Gasteiger partial charge in [-0.3, -0.25) is 13.8 Å². The first-order valence-electron chi connectivity index (χ1n) is 12.4. The van der Waals surface area contributed by atoms with Crippen LogP contribution in [-0.4, -0.2) is 73.4 Å². The average Bonchev–Trinajstić information content (AvgIpc) is 2.70. The van der Waals surface area contributed by atoms with Crippen LogP contribution in [0.5, 0.6) is 0 Å². The number of hydrogen-bond donors (Lipinski definition) is 3. The summed E-state index contributed by atoms with van der Waals surface area (Å²) >= 11 is 0. The fraction of sp³-hybridized carbons (Fsp3) is 0.957. The number of phosphoric ester groups is 1. The van der Waals surface area contributed by atoms with Crippen molar-refractivity contribution in [1.82, 2.24) is 5.32 Å². The van der Waals surface area contributed by atoms with Crippen LogP contribution >= 0.6 is 7.82 Å². The highest BCUT2D eigenvalue weighted by atomic mass is 31.2. The van der Waals surface area contributed by atoms with Crippen LogP contribution in [0.15, 0.2) is 0 Å². The molecule has 0 aromatic heterocycles. The summed E-state index contributed by atoms with van der Waals surface area (Å²) in [7, 11) is 1.60. The zero-order chi connectivity index (χ0) is 24.5. The summed E-state index contributed by atoms with van der Waals surface area (Å²) in [6.45, 7) is 4.29. The van der Waals surface area contributed by atoms with Crippen LogP contribution in [0.1, 0.15) is 90.9 Å². The molecular formula is C23H50N2O6P+. The highest BCUT2D eigenvalue weighted by Gasteiger charge is 2.28. The number of aliphatic hydroxyl groups excluding tert-OH is 1. The van der Waals surface area contributed by atoms with Crippen LogP contribution in [-0.2, 0) is 18.4 Å². The molecule has 8 nitrogen and oxygen atoms in total. The van der Waals surface area contributed by atoms with Crippen molar-refractivity contribution in [2.75, 3.05) is 40.9 Å². The Kier molecular flexibility index (Phi) is 17.6. The molecule has 0 rings (SSSR count). The summed E-state index contributed by atoms with van der Waals surface area (Å²) < 4.78 is 22.8. The zero-order valence-electron chi connectivity index (χ0n) is 21.2. The van der Waals surface area contributed by atoms with Crippen LogP contribution in [0.3, 0.4) is 0 Å². The highest BCUT2D eigenvalue weighted by Crippen LogP contribution is 2.43. The van der Waals surface area contributed by atoms with E-state index in [-0.39, 0.29) is 25.5 Å². The van der Waals surface area contributed by atoms with E-state index in [1.54, 1.807) is 6.92 Å². The summed E-state index contributed by atoms with van der Waals surface area (Å²) in [5.41, 5.74) is 0. The Morgan fingerprint density at radius 2 is 1.47 bits per heavy atom. The average molecular weight is 482 g/mol. The lowest BCUT2D eigenvalue weighted by molar-refractivity contribution is -0.870. The SMILES string of the molecule is CCCCCCCCCCCCC(O)C(COP(=O)(O)OCC[N+](C)(C)C)NC(=O)CC. The first-order valence-corrected chi connectivity index (χ1v) is 13.9. The molecule has 0 spiro atoms. The van der Waals surface area contributed by atoms with E-state index in [0.29, 0.717) is 17.4 Å². The molecular weight excluding hydrogens is 431 g/mol. The second-order valence-corrected chi connectivity index (χ2v) is 11.1. The molecule has 0 aliphatic rings. The number of quaternary nitrogens is 1. The second kappa shape index (κ2) is 17.9. The van der Waals surface area contributed by atoms with Gasteiger partial charge in [0.15, 0.2) is 0 Å². The third kappa shape index (κ3) is 19.0. The molecule has 0 fully saturated rings. The van der Waals surface area contributed by atoms with Gasteiger partial charge >= 0.3 is 7.82 Å². The third-order valence-electron chi connectivity index (χ3n) is 5.42. The van der Waals surface area contributed by atoms with Gasteiger partial charge in [0.2, 0.25) is 5.91 Å². The first-order chi connectivity index (χ1) is 15.0. The van der Waals surface area contributed by atoms with Crippen molar-refractivity contribution in [2.24, 2.45) is 0 Å². The molecule has 0 aliphatic carbocycles. The molecule has 3 atom stereocenters. The van der Waals surface area contributed by atoms with Gasteiger partial charge in [-0.15, -0.1) is 0 Å². The fourth-order valence-corrected chi connectivity index (χ4v) is 3.98. The number of unbranched alkanes of at least 4 members (excludes halogenated alkanes) is 9. The normalized spacial score (nSPS) is 15.8. The van der Waals surface area contributed by atoms with E-state index in [1.807, 2.05) is 21.1 Å². The minimum absolute atomic E-state index is 0.0738. The Hall–Kier alpha value is -0.500. The quantitative estimate of drug-likeness (QED) is 0.128. The van der Waals surface area contributed by atoms with E-state index in [2.05, 4.69) is 12.2 Å². The Morgan fingerprint density at radius 1 is 0.938 bits per heavy atom. The van der Waals surface area contributed by atoms with Gasteiger partial charge in [-0.1, -0.05) is 78.1 Å². The van der Waals surface area contributed by atoms with Gasteiger partial charge in [0, 0.05) is 6.42 Å². The Bertz CT molecular complexity index is 527. The van der Waals surface area contributed by atoms with Crippen LogP contribution < -0.4 is 5.32 Å². The second-order valence-electron chi connectivity index (χ2n) is 9.68. The van der Waals surface area contributed by atoms with Gasteiger partial charge in [-0.05, 0) is 6.42 Å². The lowest BCUT2D eigenvalue weighted by Crippen LogP contribution is -2.46. The molecule has 0 heterocycles. The molecule has 1 amide bonds. The number of carbonyl (C=O) groups excluding carboxylic acids is 1. The zero-order valence-corrected chi connectivity index (χ0v) is 22.1. The maximum absolute atomic E-state index is 12.1. The maximum atomic E-state index is 12.1. The highest BCUT2D eigenvalue weighted by molar-refractivity contribution is 7.47. The van der Waals surface area contributed by atoms with Crippen molar-refractivity contribution < 1.29 is 32.9 Å². The van der Waals surface area contributed by atoms with E-state index < -0.39 is 20.0 Å². The number of hydrogen-bond acceptors (Lipinski definition) is 5. The maximum Gasteiger partial charge on any atom is 0.472 e. The summed E-state index contributed by atoms with van der Waals surface area (Å²) in [6, 6.07) is -0.747. The van der Waals surface area contributed by atoms with Crippen LogP contribution in [0.4, 0.5) is 0 Å². The van der Waals surface area contributed by atoms with Gasteiger partial charge in [0.05, 0.1) is 39.9 Å². The Morgan fingerprint density at radius 3 is 1.97 bits per heavy atom. The Balaban J connectivity index is 4.30. The van der Waals surface area contributed by atoms with E-state index in [4.69, 9.17) is 9.05 Å². The van der Waals surface area contributed by atoms with E-state index in [9.17, 15) is 19.4 Å². The smallest absolute Gasteiger partial charge is 0.391 e. The number of amides is 1. The van der Waals surface area contributed by atoms with Crippen molar-refractivity contribution >= 4 is 13.7 Å². The molecule has 0 aromatic carbocycles. The summed E-state index contributed by atoms with van der Waals surface area (Å²) in [4.78, 5) is 21.7. The summed E-state index contributed by atoms with van der Waals surface area (Å²) in [5, 5.41) is 13.2. The number of likely N-dealkylation sites (N-methyl/N-ethyl adjacent to an activating group) is 1. The minimum atomic E-state index is -4.25. The molecule has 0 saturated carbocycles. The predicted molar refractivity (Wildman–Crippen MR) is 129 cm³/mol. The fourth-order valence-electron chi connectivity index (χ4n) is 3.24. The Labute approximate surface area is 196 Å². The van der Waals surface area contributed by atoms with E-state index >= 15 is 0 Å². The van der Waals surface area contributed by atoms with E-state index in [0.717, 1.165) is 19.3 Å². The topological polar surface area (TPSA) is 105 Å². The standard InChI is InChI=1S/C23H49N2O6P/c1-6-8-9-10-11-12-13-14-15-16-17-22(26)21(24-23(27)7-2)20-31-32(28,29)30-19-18-25(3,4)5/h21-22,26H,6-20H2,1-5H3,(H-,24,27,28,29)/p+1. The van der Waals surface area contributed by atoms with E-state index in [1.165, 1.54) is 44.9 Å². The monoisotopic (exact) mass is 481 g/mol. The molecule has 3 N–H and O–H groups in total. The van der Waals surface area contributed by atoms with Crippen LogP contribution in [0, 0.1) is 0 Å². The number of phosphoric acid groups is 1. The van der Waals surface area contributed by atoms with Gasteiger partial charge in [0.1, 0.15) is 13.2 Å². The number of rotatable bonds is 21. The molecule has 3 unspecified atom stereocenters. The van der Waals surface area contributed by atoms with Gasteiger partial charge in [-0.2, -0.15) is 0 Å². The lowest BCUT2D eigenvalue weighted by Gasteiger charge is -2.26. The van der Waals surface area contributed by atoms with Crippen LogP contribution in [0.25, 0.3) is 0 Å². The number of nitrogens with zero attached hydrogens (tertiary/aromatic N) is 1. The minimum Gasteiger partial charge on any atom is -0.391 e. The van der Waals surface area contributed by atoms with Crippen molar-refractivity contribution in [3.63, 3.8) is 0 Å². The van der Waals surface area contributed by atoms with Gasteiger partial charge < -0.3 is 19.8 Å². The van der Waals surface area contributed by atoms with Crippen molar-refractivity contribution in [1.29, 1.82) is 0 Å². The number of carbonyl (C=O) groups is 1. The largest absolute Gasteiger partial charge is 0.472 e. The van der Waals surface area contributed by atoms with Crippen LogP contribution in [0.2, 0.25) is 0 Å². The molecule has 0 aliphatic heterocycles. The molecule has 0 bridgehead atoms. The summed E-state index contributed by atoms with van der Waals surface area (Å²) in [5.74, 6) is -0.237. The third-order valence-corrected chi connectivity index (χ3v) is 6.40. The molecule has 0 radical (unpaired) electrons. The number of nitrogens with one attached hydrogen (secondary N) is 1. The van der Waals surface area contributed by atoms with Crippen molar-refractivity contribution in [2.45, 2.75) is 103 Å². The van der Waals surface area contributed by atoms with Crippen molar-refractivity contribution in [3.8, 4) is 0 Å². The number of aliphatic hydroxyl groups is 1. The summed E-state index contributed by atoms with van der Waals surface area (Å²) in [6.07, 6.45) is 11.9. The lowest BCUT2D eigenvalue weighted by atomic mass is 10.0. The molecule has 192 valence electrons. The molecule has 0 saturated heterocycles. The molecule has 32 heavy (non-hydrogen) atoms. The molecule has 9 heteroatoms. The molecule has 0 aromatic rings. The first kappa shape index (κ1) is 31.5. The predicted octanol–water partition coefficient (Wildman–Crippen LogP) is 4.39.